The van der Waals surface area contributed by atoms with Gasteiger partial charge in [0.2, 0.25) is 5.91 Å². The minimum Gasteiger partial charge on any atom is -0.450 e. The summed E-state index contributed by atoms with van der Waals surface area (Å²) in [6, 6.07) is 4.37. The van der Waals surface area contributed by atoms with Crippen molar-refractivity contribution in [1.82, 2.24) is 20.4 Å². The molecule has 1 fully saturated rings. The maximum absolute atomic E-state index is 11.9. The van der Waals surface area contributed by atoms with Gasteiger partial charge in [-0.25, -0.2) is 9.79 Å². The largest absolute Gasteiger partial charge is 0.450 e. The van der Waals surface area contributed by atoms with Crippen LogP contribution in [0.15, 0.2) is 17.1 Å². The van der Waals surface area contributed by atoms with E-state index in [0.29, 0.717) is 32.2 Å². The maximum atomic E-state index is 11.9. The van der Waals surface area contributed by atoms with Crippen LogP contribution >= 0.6 is 35.3 Å². The molecule has 1 aliphatic heterocycles. The first kappa shape index (κ1) is 25.5. The fraction of sp³-hybridized carbons (Fsp3) is 0.632. The number of thiophene rings is 1. The number of guanidine groups is 1. The molecule has 10 heteroatoms. The first-order chi connectivity index (χ1) is 13.4. The molecule has 0 spiro atoms. The van der Waals surface area contributed by atoms with E-state index >= 15 is 0 Å². The van der Waals surface area contributed by atoms with Gasteiger partial charge >= 0.3 is 6.09 Å². The monoisotopic (exact) mass is 537 g/mol. The molecule has 2 amide bonds. The minimum atomic E-state index is -0.252. The molecule has 2 N–H and O–H groups in total. The summed E-state index contributed by atoms with van der Waals surface area (Å²) < 4.78 is 5.06. The summed E-state index contributed by atoms with van der Waals surface area (Å²) >= 11 is 1.73. The molecule has 0 aliphatic carbocycles. The van der Waals surface area contributed by atoms with Crippen molar-refractivity contribution in [2.75, 3.05) is 40.3 Å². The Balaban J connectivity index is 0.00000420. The van der Waals surface area contributed by atoms with Gasteiger partial charge < -0.3 is 25.2 Å². The Hall–Kier alpha value is -1.56. The Morgan fingerprint density at radius 1 is 1.31 bits per heavy atom. The molecule has 1 aromatic heterocycles. The Morgan fingerprint density at radius 3 is 2.55 bits per heavy atom. The number of likely N-dealkylation sites (N-methyl/N-ethyl adjacent to an activating group) is 1. The van der Waals surface area contributed by atoms with Crippen LogP contribution in [0.5, 0.6) is 0 Å². The number of likely N-dealkylation sites (tertiary alicyclic amines) is 1. The number of amides is 2. The van der Waals surface area contributed by atoms with Crippen LogP contribution in [0.25, 0.3) is 0 Å². The molecule has 2 rings (SSSR count). The van der Waals surface area contributed by atoms with Gasteiger partial charge in [0.15, 0.2) is 5.96 Å². The lowest BCUT2D eigenvalue weighted by Crippen LogP contribution is -2.50. The number of carbonyl (C=O) groups excluding carboxylic acids is 2. The van der Waals surface area contributed by atoms with Gasteiger partial charge in [-0.2, -0.15) is 0 Å². The summed E-state index contributed by atoms with van der Waals surface area (Å²) in [6.07, 6.45) is 1.36. The van der Waals surface area contributed by atoms with Crippen LogP contribution in [0.2, 0.25) is 0 Å². The van der Waals surface area contributed by atoms with Crippen LogP contribution < -0.4 is 10.6 Å². The highest BCUT2D eigenvalue weighted by Crippen LogP contribution is 2.15. The van der Waals surface area contributed by atoms with Gasteiger partial charge in [0.05, 0.1) is 13.2 Å². The SMILES string of the molecule is CCOC(=O)N1CCC(NC(=NCC(=O)N(C)C)NCc2ccc(C)s2)CC1.I. The van der Waals surface area contributed by atoms with Crippen molar-refractivity contribution in [3.63, 3.8) is 0 Å². The normalized spacial score (nSPS) is 14.8. The number of hydrogen-bond acceptors (Lipinski definition) is 5. The zero-order chi connectivity index (χ0) is 20.5. The average Bonchev–Trinajstić information content (AvgIpc) is 3.09. The van der Waals surface area contributed by atoms with Gasteiger partial charge in [-0.3, -0.25) is 4.79 Å². The third-order valence-corrected chi connectivity index (χ3v) is 5.46. The van der Waals surface area contributed by atoms with Gasteiger partial charge in [0.25, 0.3) is 0 Å². The fourth-order valence-electron chi connectivity index (χ4n) is 2.81. The Morgan fingerprint density at radius 2 is 2.00 bits per heavy atom. The predicted molar refractivity (Wildman–Crippen MR) is 127 cm³/mol. The topological polar surface area (TPSA) is 86.3 Å². The Kier molecular flexibility index (Phi) is 11.3. The van der Waals surface area contributed by atoms with Crippen molar-refractivity contribution < 1.29 is 14.3 Å². The van der Waals surface area contributed by atoms with Gasteiger partial charge in [0, 0.05) is 43.0 Å². The molecule has 1 aromatic rings. The van der Waals surface area contributed by atoms with E-state index in [1.54, 1.807) is 30.3 Å². The number of ether oxygens (including phenoxy) is 1. The maximum Gasteiger partial charge on any atom is 0.409 e. The van der Waals surface area contributed by atoms with Crippen LogP contribution in [0.4, 0.5) is 4.79 Å². The molecular weight excluding hydrogens is 505 g/mol. The number of nitrogens with one attached hydrogen (secondary N) is 2. The highest BCUT2D eigenvalue weighted by atomic mass is 127. The summed E-state index contributed by atoms with van der Waals surface area (Å²) in [5, 5.41) is 6.73. The quantitative estimate of drug-likeness (QED) is 0.331. The summed E-state index contributed by atoms with van der Waals surface area (Å²) in [5.74, 6) is 0.570. The Bertz CT molecular complexity index is 687. The molecule has 0 unspecified atom stereocenters. The van der Waals surface area contributed by atoms with E-state index < -0.39 is 0 Å². The number of nitrogens with zero attached hydrogens (tertiary/aromatic N) is 3. The van der Waals surface area contributed by atoms with Crippen molar-refractivity contribution in [2.24, 2.45) is 4.99 Å². The van der Waals surface area contributed by atoms with Crippen molar-refractivity contribution >= 4 is 53.3 Å². The van der Waals surface area contributed by atoms with Crippen molar-refractivity contribution in [1.29, 1.82) is 0 Å². The highest BCUT2D eigenvalue weighted by molar-refractivity contribution is 14.0. The predicted octanol–water partition coefficient (Wildman–Crippen LogP) is 2.42. The van der Waals surface area contributed by atoms with Crippen LogP contribution in [0.1, 0.15) is 29.5 Å². The molecule has 1 saturated heterocycles. The van der Waals surface area contributed by atoms with E-state index in [0.717, 1.165) is 12.8 Å². The van der Waals surface area contributed by atoms with E-state index in [1.807, 2.05) is 6.92 Å². The van der Waals surface area contributed by atoms with Crippen LogP contribution in [-0.2, 0) is 16.1 Å². The molecule has 8 nitrogen and oxygen atoms in total. The van der Waals surface area contributed by atoms with Crippen LogP contribution in [-0.4, -0.2) is 74.1 Å². The minimum absolute atomic E-state index is 0. The molecule has 0 saturated carbocycles. The molecule has 2 heterocycles. The number of aliphatic imine (C=N–C) groups is 1. The van der Waals surface area contributed by atoms with E-state index in [2.05, 4.69) is 34.7 Å². The van der Waals surface area contributed by atoms with Gasteiger partial charge in [-0.15, -0.1) is 35.3 Å². The molecule has 0 bridgehead atoms. The summed E-state index contributed by atoms with van der Waals surface area (Å²) in [5.41, 5.74) is 0. The lowest BCUT2D eigenvalue weighted by atomic mass is 10.1. The van der Waals surface area contributed by atoms with E-state index in [-0.39, 0.29) is 48.6 Å². The third kappa shape index (κ3) is 8.77. The van der Waals surface area contributed by atoms with Gasteiger partial charge in [-0.05, 0) is 38.8 Å². The number of piperidine rings is 1. The second-order valence-electron chi connectivity index (χ2n) is 6.92. The molecule has 164 valence electrons. The number of hydrogen-bond donors (Lipinski definition) is 2. The fourth-order valence-corrected chi connectivity index (χ4v) is 3.64. The first-order valence-electron chi connectivity index (χ1n) is 9.61. The van der Waals surface area contributed by atoms with E-state index in [4.69, 9.17) is 4.74 Å². The smallest absolute Gasteiger partial charge is 0.409 e. The standard InChI is InChI=1S/C19H31N5O3S.HI/c1-5-27-19(26)24-10-8-15(9-11-24)22-18(21-13-17(25)23(3)4)20-12-16-7-6-14(2)28-16;/h6-7,15H,5,8-13H2,1-4H3,(H2,20,21,22);1H. The summed E-state index contributed by atoms with van der Waals surface area (Å²) in [7, 11) is 3.44. The average molecular weight is 537 g/mol. The number of aryl methyl sites for hydroxylation is 1. The zero-order valence-corrected chi connectivity index (χ0v) is 20.7. The van der Waals surface area contributed by atoms with E-state index in [1.165, 1.54) is 14.7 Å². The highest BCUT2D eigenvalue weighted by Gasteiger charge is 2.24. The molecule has 1 aliphatic rings. The molecule has 29 heavy (non-hydrogen) atoms. The second-order valence-corrected chi connectivity index (χ2v) is 8.30. The van der Waals surface area contributed by atoms with E-state index in [9.17, 15) is 9.59 Å². The van der Waals surface area contributed by atoms with Crippen LogP contribution in [0, 0.1) is 6.92 Å². The molecular formula is C19H32IN5O3S. The Labute approximate surface area is 194 Å². The van der Waals surface area contributed by atoms with Crippen molar-refractivity contribution in [3.8, 4) is 0 Å². The summed E-state index contributed by atoms with van der Waals surface area (Å²) in [6.45, 7) is 6.31. The lowest BCUT2D eigenvalue weighted by Gasteiger charge is -2.32. The summed E-state index contributed by atoms with van der Waals surface area (Å²) in [4.78, 5) is 33.9. The third-order valence-electron chi connectivity index (χ3n) is 4.46. The van der Waals surface area contributed by atoms with Crippen molar-refractivity contribution in [3.05, 3.63) is 21.9 Å². The van der Waals surface area contributed by atoms with Crippen molar-refractivity contribution in [2.45, 2.75) is 39.3 Å². The molecule has 0 radical (unpaired) electrons. The first-order valence-corrected chi connectivity index (χ1v) is 10.4. The van der Waals surface area contributed by atoms with Crippen LogP contribution in [0.3, 0.4) is 0 Å². The number of halogens is 1. The molecule has 0 atom stereocenters. The number of rotatable bonds is 6. The number of carbonyl (C=O) groups is 2. The zero-order valence-electron chi connectivity index (χ0n) is 17.6. The lowest BCUT2D eigenvalue weighted by molar-refractivity contribution is -0.127. The second kappa shape index (κ2) is 12.9. The molecule has 0 aromatic carbocycles. The van der Waals surface area contributed by atoms with Gasteiger partial charge in [0.1, 0.15) is 6.54 Å². The van der Waals surface area contributed by atoms with Gasteiger partial charge in [-0.1, -0.05) is 0 Å².